The van der Waals surface area contributed by atoms with Crippen LogP contribution in [0.15, 0.2) is 58.2 Å². The van der Waals surface area contributed by atoms with Crippen molar-refractivity contribution < 1.29 is 4.52 Å². The molecule has 0 saturated heterocycles. The molecule has 0 unspecified atom stereocenters. The van der Waals surface area contributed by atoms with E-state index in [1.807, 2.05) is 32.2 Å². The van der Waals surface area contributed by atoms with Gasteiger partial charge in [0, 0.05) is 43.9 Å². The molecule has 4 aromatic rings. The first kappa shape index (κ1) is 21.9. The summed E-state index contributed by atoms with van der Waals surface area (Å²) in [5, 5.41) is 13.8. The van der Waals surface area contributed by atoms with Gasteiger partial charge in [-0.2, -0.15) is 4.98 Å². The van der Waals surface area contributed by atoms with Crippen LogP contribution in [-0.4, -0.2) is 55.2 Å². The highest BCUT2D eigenvalue weighted by atomic mass is 32.2. The molecule has 2 aromatic carbocycles. The molecule has 0 saturated carbocycles. The summed E-state index contributed by atoms with van der Waals surface area (Å²) in [4.78, 5) is 6.94. The van der Waals surface area contributed by atoms with E-state index >= 15 is 0 Å². The summed E-state index contributed by atoms with van der Waals surface area (Å²) in [6.45, 7) is 5.10. The van der Waals surface area contributed by atoms with Gasteiger partial charge in [0.2, 0.25) is 11.7 Å². The zero-order valence-corrected chi connectivity index (χ0v) is 19.9. The van der Waals surface area contributed by atoms with Crippen LogP contribution in [-0.2, 0) is 19.9 Å². The minimum atomic E-state index is 0.599. The van der Waals surface area contributed by atoms with E-state index in [0.717, 1.165) is 66.8 Å². The molecule has 1 aliphatic rings. The van der Waals surface area contributed by atoms with Crippen LogP contribution in [0, 0.1) is 6.92 Å². The molecule has 0 amide bonds. The van der Waals surface area contributed by atoms with Gasteiger partial charge in [0.1, 0.15) is 0 Å². The zero-order chi connectivity index (χ0) is 22.6. The van der Waals surface area contributed by atoms with Crippen molar-refractivity contribution in [3.63, 3.8) is 0 Å². The number of hydrogen-bond donors (Lipinski definition) is 0. The fourth-order valence-corrected chi connectivity index (χ4v) is 5.12. The molecular formula is C25H28N6OS. The number of nitrogens with zero attached hydrogens (tertiary/aromatic N) is 6. The van der Waals surface area contributed by atoms with Gasteiger partial charge in [-0.1, -0.05) is 59.4 Å². The Morgan fingerprint density at radius 2 is 1.79 bits per heavy atom. The standard InChI is InChI=1S/C25H28N6OS/c1-18-26-23(29-32-18)22-10-9-19-11-14-31(15-12-21(19)17-22)13-6-16-33-25-28-27-24(30(25)2)20-7-4-3-5-8-20/h3-5,7-10,17H,6,11-16H2,1-2H3. The summed E-state index contributed by atoms with van der Waals surface area (Å²) < 4.78 is 7.23. The summed E-state index contributed by atoms with van der Waals surface area (Å²) in [5.41, 5.74) is 4.97. The molecule has 170 valence electrons. The van der Waals surface area contributed by atoms with Crippen molar-refractivity contribution >= 4 is 11.8 Å². The number of aryl methyl sites for hydroxylation is 1. The number of rotatable bonds is 7. The van der Waals surface area contributed by atoms with Gasteiger partial charge in [-0.05, 0) is 43.0 Å². The van der Waals surface area contributed by atoms with Crippen LogP contribution in [0.4, 0.5) is 0 Å². The first-order valence-electron chi connectivity index (χ1n) is 11.4. The predicted octanol–water partition coefficient (Wildman–Crippen LogP) is 4.42. The SMILES string of the molecule is Cc1nc(-c2ccc3c(c2)CCN(CCCSc2nnc(-c4ccccc4)n2C)CC3)no1. The fraction of sp³-hybridized carbons (Fsp3) is 0.360. The molecule has 0 spiro atoms. The summed E-state index contributed by atoms with van der Waals surface area (Å²) in [7, 11) is 2.04. The third-order valence-electron chi connectivity index (χ3n) is 6.10. The smallest absolute Gasteiger partial charge is 0.223 e. The van der Waals surface area contributed by atoms with E-state index in [1.165, 1.54) is 11.1 Å². The Hall–Kier alpha value is -2.97. The average Bonchev–Trinajstić information content (AvgIpc) is 3.37. The second-order valence-corrected chi connectivity index (χ2v) is 9.46. The summed E-state index contributed by atoms with van der Waals surface area (Å²) in [5.74, 6) is 3.22. The normalized spacial score (nSPS) is 14.2. The lowest BCUT2D eigenvalue weighted by Crippen LogP contribution is -2.27. The largest absolute Gasteiger partial charge is 0.339 e. The van der Waals surface area contributed by atoms with Crippen molar-refractivity contribution in [3.8, 4) is 22.8 Å². The Morgan fingerprint density at radius 3 is 2.58 bits per heavy atom. The Balaban J connectivity index is 1.12. The van der Waals surface area contributed by atoms with Crippen molar-refractivity contribution in [3.05, 3.63) is 65.5 Å². The van der Waals surface area contributed by atoms with Crippen molar-refractivity contribution in [1.29, 1.82) is 0 Å². The number of hydrogen-bond acceptors (Lipinski definition) is 7. The first-order valence-corrected chi connectivity index (χ1v) is 12.4. The number of thioether (sulfide) groups is 1. The monoisotopic (exact) mass is 460 g/mol. The van der Waals surface area contributed by atoms with Crippen LogP contribution in [0.3, 0.4) is 0 Å². The molecule has 0 atom stereocenters. The van der Waals surface area contributed by atoms with Crippen molar-refractivity contribution in [2.24, 2.45) is 7.05 Å². The molecule has 8 heteroatoms. The van der Waals surface area contributed by atoms with E-state index in [0.29, 0.717) is 11.7 Å². The minimum Gasteiger partial charge on any atom is -0.339 e. The number of fused-ring (bicyclic) bond motifs is 1. The molecule has 5 rings (SSSR count). The maximum absolute atomic E-state index is 5.14. The third-order valence-corrected chi connectivity index (χ3v) is 7.21. The average molecular weight is 461 g/mol. The van der Waals surface area contributed by atoms with Crippen LogP contribution in [0.5, 0.6) is 0 Å². The summed E-state index contributed by atoms with van der Waals surface area (Å²) >= 11 is 1.79. The summed E-state index contributed by atoms with van der Waals surface area (Å²) in [6, 6.07) is 16.8. The highest BCUT2D eigenvalue weighted by Crippen LogP contribution is 2.25. The molecule has 0 N–H and O–H groups in total. The van der Waals surface area contributed by atoms with Gasteiger partial charge in [-0.25, -0.2) is 0 Å². The van der Waals surface area contributed by atoms with E-state index in [-0.39, 0.29) is 0 Å². The quantitative estimate of drug-likeness (QED) is 0.298. The predicted molar refractivity (Wildman–Crippen MR) is 130 cm³/mol. The molecule has 0 aliphatic carbocycles. The Labute approximate surface area is 198 Å². The molecule has 33 heavy (non-hydrogen) atoms. The van der Waals surface area contributed by atoms with E-state index in [9.17, 15) is 0 Å². The van der Waals surface area contributed by atoms with Crippen molar-refractivity contribution in [2.75, 3.05) is 25.4 Å². The fourth-order valence-electron chi connectivity index (χ4n) is 4.28. The number of aromatic nitrogens is 5. The maximum Gasteiger partial charge on any atom is 0.223 e. The topological polar surface area (TPSA) is 72.9 Å². The second-order valence-electron chi connectivity index (χ2n) is 8.40. The van der Waals surface area contributed by atoms with E-state index in [1.54, 1.807) is 11.8 Å². The lowest BCUT2D eigenvalue weighted by atomic mass is 10.00. The van der Waals surface area contributed by atoms with Crippen molar-refractivity contribution in [2.45, 2.75) is 31.3 Å². The first-order chi connectivity index (χ1) is 16.2. The minimum absolute atomic E-state index is 0.599. The van der Waals surface area contributed by atoms with Gasteiger partial charge < -0.3 is 14.0 Å². The zero-order valence-electron chi connectivity index (χ0n) is 19.1. The van der Waals surface area contributed by atoms with Gasteiger partial charge in [0.25, 0.3) is 0 Å². The van der Waals surface area contributed by atoms with Gasteiger partial charge in [0.05, 0.1) is 0 Å². The Morgan fingerprint density at radius 1 is 0.970 bits per heavy atom. The van der Waals surface area contributed by atoms with Crippen molar-refractivity contribution in [1.82, 2.24) is 29.8 Å². The van der Waals surface area contributed by atoms with Crippen LogP contribution in [0.1, 0.15) is 23.4 Å². The molecule has 0 radical (unpaired) electrons. The third kappa shape index (κ3) is 5.02. The van der Waals surface area contributed by atoms with Crippen LogP contribution >= 0.6 is 11.8 Å². The Bertz CT molecular complexity index is 1220. The molecule has 7 nitrogen and oxygen atoms in total. The van der Waals surface area contributed by atoms with Crippen LogP contribution < -0.4 is 0 Å². The van der Waals surface area contributed by atoms with E-state index in [4.69, 9.17) is 4.52 Å². The molecule has 2 aromatic heterocycles. The molecule has 0 bridgehead atoms. The summed E-state index contributed by atoms with van der Waals surface area (Å²) in [6.07, 6.45) is 3.26. The van der Waals surface area contributed by atoms with Gasteiger partial charge >= 0.3 is 0 Å². The molecular weight excluding hydrogens is 432 g/mol. The molecule has 0 fully saturated rings. The highest BCUT2D eigenvalue weighted by Gasteiger charge is 2.16. The lowest BCUT2D eigenvalue weighted by Gasteiger charge is -2.19. The number of benzene rings is 2. The van der Waals surface area contributed by atoms with Gasteiger partial charge in [-0.15, -0.1) is 10.2 Å². The van der Waals surface area contributed by atoms with Crippen LogP contribution in [0.25, 0.3) is 22.8 Å². The van der Waals surface area contributed by atoms with Gasteiger partial charge in [-0.3, -0.25) is 0 Å². The molecule has 1 aliphatic heterocycles. The second kappa shape index (κ2) is 9.89. The lowest BCUT2D eigenvalue weighted by molar-refractivity contribution is 0.289. The van der Waals surface area contributed by atoms with E-state index < -0.39 is 0 Å². The highest BCUT2D eigenvalue weighted by molar-refractivity contribution is 7.99. The van der Waals surface area contributed by atoms with E-state index in [2.05, 4.69) is 60.1 Å². The Kier molecular flexibility index (Phi) is 6.55. The van der Waals surface area contributed by atoms with Crippen LogP contribution in [0.2, 0.25) is 0 Å². The maximum atomic E-state index is 5.14. The molecule has 3 heterocycles. The van der Waals surface area contributed by atoms with Gasteiger partial charge in [0.15, 0.2) is 11.0 Å².